The number of fused-ring (bicyclic) bond motifs is 2. The zero-order valence-corrected chi connectivity index (χ0v) is 20.5. The zero-order valence-electron chi connectivity index (χ0n) is 20.5. The van der Waals surface area contributed by atoms with E-state index in [1.165, 1.54) is 0 Å². The van der Waals surface area contributed by atoms with E-state index in [9.17, 15) is 14.7 Å². The maximum absolute atomic E-state index is 13.1. The number of carboxylic acid groups (broad SMARTS) is 1. The first-order chi connectivity index (χ1) is 18.4. The van der Waals surface area contributed by atoms with Gasteiger partial charge in [-0.3, -0.25) is 0 Å². The summed E-state index contributed by atoms with van der Waals surface area (Å²) in [4.78, 5) is 38.3. The number of carbonyl (C=O) groups is 2. The number of benzene rings is 3. The molecule has 5 aromatic rings. The van der Waals surface area contributed by atoms with Crippen molar-refractivity contribution in [3.8, 4) is 22.5 Å². The number of carboxylic acids is 1. The van der Waals surface area contributed by atoms with Gasteiger partial charge in [0.2, 0.25) is 5.95 Å². The summed E-state index contributed by atoms with van der Waals surface area (Å²) in [6.45, 7) is 3.08. The predicted octanol–water partition coefficient (Wildman–Crippen LogP) is 5.43. The topological polar surface area (TPSA) is 137 Å². The van der Waals surface area contributed by atoms with Crippen LogP contribution in [0.2, 0.25) is 0 Å². The molecule has 5 N–H and O–H groups in total. The molecule has 9 nitrogen and oxygen atoms in total. The molecule has 38 heavy (non-hydrogen) atoms. The minimum Gasteiger partial charge on any atom is -0.478 e. The van der Waals surface area contributed by atoms with Crippen molar-refractivity contribution in [2.75, 3.05) is 11.1 Å². The molecule has 0 saturated carbocycles. The Bertz CT molecular complexity index is 1700. The van der Waals surface area contributed by atoms with Crippen LogP contribution in [-0.4, -0.2) is 37.0 Å². The summed E-state index contributed by atoms with van der Waals surface area (Å²) >= 11 is 0. The number of hydrogen-bond donors (Lipinski definition) is 4. The fraction of sp³-hybridized carbons (Fsp3) is 0.103. The number of rotatable bonds is 4. The molecular formula is C29H24N6O3. The average molecular weight is 505 g/mol. The number of amides is 2. The van der Waals surface area contributed by atoms with Crippen LogP contribution in [0.25, 0.3) is 33.5 Å². The first kappa shape index (κ1) is 23.2. The van der Waals surface area contributed by atoms with Gasteiger partial charge in [0.1, 0.15) is 5.65 Å². The third-order valence-electron chi connectivity index (χ3n) is 6.91. The van der Waals surface area contributed by atoms with E-state index in [1.807, 2.05) is 55.5 Å². The molecule has 2 amide bonds. The van der Waals surface area contributed by atoms with Crippen molar-refractivity contribution >= 4 is 34.7 Å². The van der Waals surface area contributed by atoms with E-state index in [1.54, 1.807) is 29.2 Å². The monoisotopic (exact) mass is 504 g/mol. The van der Waals surface area contributed by atoms with E-state index >= 15 is 0 Å². The van der Waals surface area contributed by atoms with Crippen LogP contribution in [0.3, 0.4) is 0 Å². The van der Waals surface area contributed by atoms with Crippen LogP contribution in [0.5, 0.6) is 0 Å². The number of hydrogen-bond acceptors (Lipinski definition) is 5. The Labute approximate surface area is 218 Å². The average Bonchev–Trinajstić information content (AvgIpc) is 3.54. The fourth-order valence-corrected chi connectivity index (χ4v) is 4.88. The van der Waals surface area contributed by atoms with Gasteiger partial charge in [-0.05, 0) is 53.4 Å². The third kappa shape index (κ3) is 4.09. The maximum atomic E-state index is 13.1. The van der Waals surface area contributed by atoms with Gasteiger partial charge in [0.25, 0.3) is 0 Å². The van der Waals surface area contributed by atoms with Crippen molar-refractivity contribution in [1.82, 2.24) is 19.9 Å². The summed E-state index contributed by atoms with van der Waals surface area (Å²) in [6, 6.07) is 22.1. The minimum atomic E-state index is -0.981. The number of aromatic amines is 1. The van der Waals surface area contributed by atoms with Crippen molar-refractivity contribution in [3.63, 3.8) is 0 Å². The van der Waals surface area contributed by atoms with Crippen molar-refractivity contribution < 1.29 is 14.7 Å². The van der Waals surface area contributed by atoms with E-state index < -0.39 is 5.97 Å². The standard InChI is InChI=1S/C29H24N6O3/c1-16-21(7-4-8-23(16)32-29(38)35-14-19-5-2-3-6-20(19)15-35)25-22-13-24(31-26(22)34-28(30)33-25)17-9-11-18(12-10-17)27(36)37/h2-13H,14-15H2,1H3,(H,32,38)(H,36,37)(H3,30,31,33,34). The number of H-pyrrole nitrogens is 1. The maximum Gasteiger partial charge on any atom is 0.335 e. The molecule has 0 unspecified atom stereocenters. The highest BCUT2D eigenvalue weighted by Gasteiger charge is 2.24. The van der Waals surface area contributed by atoms with Crippen LogP contribution in [0, 0.1) is 6.92 Å². The number of nitrogen functional groups attached to an aromatic ring is 1. The zero-order chi connectivity index (χ0) is 26.4. The summed E-state index contributed by atoms with van der Waals surface area (Å²) in [7, 11) is 0. The number of nitrogens with one attached hydrogen (secondary N) is 2. The molecule has 188 valence electrons. The van der Waals surface area contributed by atoms with Gasteiger partial charge < -0.3 is 26.0 Å². The number of aromatic nitrogens is 3. The lowest BCUT2D eigenvalue weighted by atomic mass is 10.0. The Morgan fingerprint density at radius 1 is 0.974 bits per heavy atom. The molecule has 0 bridgehead atoms. The number of nitrogens with zero attached hydrogens (tertiary/aromatic N) is 3. The van der Waals surface area contributed by atoms with E-state index in [0.29, 0.717) is 30.1 Å². The molecule has 2 aromatic heterocycles. The van der Waals surface area contributed by atoms with Gasteiger partial charge in [-0.15, -0.1) is 0 Å². The molecule has 3 heterocycles. The smallest absolute Gasteiger partial charge is 0.335 e. The molecular weight excluding hydrogens is 480 g/mol. The van der Waals surface area contributed by atoms with Crippen molar-refractivity contribution in [2.45, 2.75) is 20.0 Å². The first-order valence-electron chi connectivity index (χ1n) is 12.1. The van der Waals surface area contributed by atoms with Gasteiger partial charge in [-0.2, -0.15) is 4.98 Å². The first-order valence-corrected chi connectivity index (χ1v) is 12.1. The SMILES string of the molecule is Cc1c(NC(=O)N2Cc3ccccc3C2)cccc1-c1nc(N)nc2[nH]c(-c3ccc(C(=O)O)cc3)cc12. The molecule has 0 atom stereocenters. The number of nitrogens with two attached hydrogens (primary N) is 1. The molecule has 1 aliphatic heterocycles. The van der Waals surface area contributed by atoms with Crippen molar-refractivity contribution in [1.29, 1.82) is 0 Å². The third-order valence-corrected chi connectivity index (χ3v) is 6.91. The number of aromatic carboxylic acids is 1. The Morgan fingerprint density at radius 2 is 1.68 bits per heavy atom. The highest BCUT2D eigenvalue weighted by molar-refractivity contribution is 5.98. The van der Waals surface area contributed by atoms with Crippen LogP contribution >= 0.6 is 0 Å². The molecule has 3 aromatic carbocycles. The van der Waals surface area contributed by atoms with Crippen LogP contribution in [0.15, 0.2) is 72.8 Å². The van der Waals surface area contributed by atoms with Gasteiger partial charge in [0, 0.05) is 35.4 Å². The van der Waals surface area contributed by atoms with Crippen molar-refractivity contribution in [3.05, 3.63) is 95.1 Å². The van der Waals surface area contributed by atoms with Crippen LogP contribution in [0.4, 0.5) is 16.4 Å². The molecule has 0 saturated heterocycles. The second-order valence-electron chi connectivity index (χ2n) is 9.29. The highest BCUT2D eigenvalue weighted by Crippen LogP contribution is 2.35. The lowest BCUT2D eigenvalue weighted by Gasteiger charge is -2.18. The van der Waals surface area contributed by atoms with Gasteiger partial charge in [0.05, 0.1) is 11.3 Å². The summed E-state index contributed by atoms with van der Waals surface area (Å²) in [5.41, 5.74) is 13.7. The summed E-state index contributed by atoms with van der Waals surface area (Å²) < 4.78 is 0. The van der Waals surface area contributed by atoms with Crippen LogP contribution < -0.4 is 11.1 Å². The van der Waals surface area contributed by atoms with E-state index in [0.717, 1.165) is 38.9 Å². The fourth-order valence-electron chi connectivity index (χ4n) is 4.88. The predicted molar refractivity (Wildman–Crippen MR) is 146 cm³/mol. The lowest BCUT2D eigenvalue weighted by Crippen LogP contribution is -2.30. The van der Waals surface area contributed by atoms with Gasteiger partial charge in [-0.1, -0.05) is 48.5 Å². The second-order valence-corrected chi connectivity index (χ2v) is 9.29. The normalized spacial score (nSPS) is 12.5. The van der Waals surface area contributed by atoms with Gasteiger partial charge in [0.15, 0.2) is 0 Å². The summed E-state index contributed by atoms with van der Waals surface area (Å²) in [6.07, 6.45) is 0. The van der Waals surface area contributed by atoms with Gasteiger partial charge >= 0.3 is 12.0 Å². The Morgan fingerprint density at radius 3 is 2.37 bits per heavy atom. The molecule has 0 aliphatic carbocycles. The van der Waals surface area contributed by atoms with E-state index in [-0.39, 0.29) is 17.5 Å². The van der Waals surface area contributed by atoms with Crippen LogP contribution in [-0.2, 0) is 13.1 Å². The van der Waals surface area contributed by atoms with Crippen LogP contribution in [0.1, 0.15) is 27.0 Å². The lowest BCUT2D eigenvalue weighted by molar-refractivity contribution is 0.0697. The van der Waals surface area contributed by atoms with Gasteiger partial charge in [-0.25, -0.2) is 14.6 Å². The summed E-state index contributed by atoms with van der Waals surface area (Å²) in [5.74, 6) is -0.864. The number of urea groups is 1. The molecule has 0 fully saturated rings. The minimum absolute atomic E-state index is 0.116. The molecule has 6 rings (SSSR count). The molecule has 9 heteroatoms. The Kier molecular flexibility index (Phi) is 5.53. The Hall–Kier alpha value is -5.18. The summed E-state index contributed by atoms with van der Waals surface area (Å²) in [5, 5.41) is 13.0. The molecule has 0 radical (unpaired) electrons. The van der Waals surface area contributed by atoms with Crippen molar-refractivity contribution in [2.24, 2.45) is 0 Å². The largest absolute Gasteiger partial charge is 0.478 e. The molecule has 0 spiro atoms. The highest BCUT2D eigenvalue weighted by atomic mass is 16.4. The Balaban J connectivity index is 1.33. The van der Waals surface area contributed by atoms with E-state index in [4.69, 9.17) is 5.73 Å². The van der Waals surface area contributed by atoms with E-state index in [2.05, 4.69) is 20.3 Å². The second kappa shape index (κ2) is 9.04. The number of anilines is 2. The molecule has 1 aliphatic rings. The number of carbonyl (C=O) groups excluding carboxylic acids is 1. The quantitative estimate of drug-likeness (QED) is 0.258.